The van der Waals surface area contributed by atoms with Crippen LogP contribution in [-0.2, 0) is 4.79 Å². The summed E-state index contributed by atoms with van der Waals surface area (Å²) < 4.78 is 0. The van der Waals surface area contributed by atoms with Crippen molar-refractivity contribution in [2.75, 3.05) is 0 Å². The van der Waals surface area contributed by atoms with Crippen molar-refractivity contribution in [1.29, 1.82) is 0 Å². The first-order valence-corrected chi connectivity index (χ1v) is 3.42. The molecule has 1 aliphatic rings. The number of aliphatic imine (C=N–C) groups is 1. The number of allylic oxidation sites excluding steroid dienone is 2. The molecule has 1 heterocycles. The Hall–Kier alpha value is -0.920. The average molecular weight is 137 g/mol. The molecule has 0 unspecified atom stereocenters. The van der Waals surface area contributed by atoms with Crippen LogP contribution in [0.1, 0.15) is 20.8 Å². The number of hydrogen-bond acceptors (Lipinski definition) is 2. The summed E-state index contributed by atoms with van der Waals surface area (Å²) >= 11 is 0. The quantitative estimate of drug-likeness (QED) is 0.539. The van der Waals surface area contributed by atoms with Gasteiger partial charge in [0.2, 0.25) is 5.78 Å². The van der Waals surface area contributed by atoms with Gasteiger partial charge in [-0.1, -0.05) is 13.8 Å². The third-order valence-corrected chi connectivity index (χ3v) is 1.61. The summed E-state index contributed by atoms with van der Waals surface area (Å²) in [4.78, 5) is 14.9. The second kappa shape index (κ2) is 2.37. The second-order valence-corrected chi connectivity index (χ2v) is 2.78. The van der Waals surface area contributed by atoms with Gasteiger partial charge < -0.3 is 0 Å². The molecule has 0 aromatic carbocycles. The topological polar surface area (TPSA) is 29.4 Å². The molecular formula is C8H11NO. The molecule has 10 heavy (non-hydrogen) atoms. The van der Waals surface area contributed by atoms with Gasteiger partial charge in [0, 0.05) is 11.3 Å². The highest BCUT2D eigenvalue weighted by Gasteiger charge is 2.18. The minimum Gasteiger partial charge on any atom is -0.288 e. The van der Waals surface area contributed by atoms with E-state index in [1.165, 1.54) is 6.21 Å². The highest BCUT2D eigenvalue weighted by molar-refractivity contribution is 6.37. The monoisotopic (exact) mass is 137 g/mol. The number of ketones is 1. The predicted molar refractivity (Wildman–Crippen MR) is 41.0 cm³/mol. The maximum atomic E-state index is 11.0. The Morgan fingerprint density at radius 2 is 2.10 bits per heavy atom. The van der Waals surface area contributed by atoms with Crippen LogP contribution in [0.15, 0.2) is 16.3 Å². The number of carbonyl (C=O) groups is 1. The summed E-state index contributed by atoms with van der Waals surface area (Å²) in [5, 5.41) is 0. The summed E-state index contributed by atoms with van der Waals surface area (Å²) in [7, 11) is 0. The summed E-state index contributed by atoms with van der Waals surface area (Å²) in [6, 6.07) is 0. The zero-order chi connectivity index (χ0) is 7.72. The Morgan fingerprint density at radius 3 is 2.30 bits per heavy atom. The van der Waals surface area contributed by atoms with E-state index in [4.69, 9.17) is 0 Å². The van der Waals surface area contributed by atoms with E-state index in [2.05, 4.69) is 4.99 Å². The molecular weight excluding hydrogens is 126 g/mol. The molecule has 0 saturated carbocycles. The SMILES string of the molecule is CC1=C(C(C)C)C(=O)C=N1. The molecule has 0 spiro atoms. The van der Waals surface area contributed by atoms with E-state index < -0.39 is 0 Å². The lowest BCUT2D eigenvalue weighted by Gasteiger charge is -2.03. The lowest BCUT2D eigenvalue weighted by molar-refractivity contribution is -0.109. The molecule has 0 bridgehead atoms. The van der Waals surface area contributed by atoms with Gasteiger partial charge in [0.15, 0.2) is 0 Å². The van der Waals surface area contributed by atoms with Gasteiger partial charge in [-0.25, -0.2) is 0 Å². The van der Waals surface area contributed by atoms with Crippen LogP contribution in [0, 0.1) is 5.92 Å². The average Bonchev–Trinajstić information content (AvgIpc) is 2.11. The van der Waals surface area contributed by atoms with Gasteiger partial charge in [0.1, 0.15) is 0 Å². The van der Waals surface area contributed by atoms with Crippen LogP contribution >= 0.6 is 0 Å². The van der Waals surface area contributed by atoms with Gasteiger partial charge in [-0.15, -0.1) is 0 Å². The lowest BCUT2D eigenvalue weighted by atomic mass is 10.00. The number of nitrogens with zero attached hydrogens (tertiary/aromatic N) is 1. The van der Waals surface area contributed by atoms with E-state index in [-0.39, 0.29) is 5.78 Å². The molecule has 54 valence electrons. The van der Waals surface area contributed by atoms with Gasteiger partial charge in [-0.2, -0.15) is 0 Å². The first kappa shape index (κ1) is 7.19. The molecule has 0 atom stereocenters. The molecule has 0 aromatic heterocycles. The van der Waals surface area contributed by atoms with Gasteiger partial charge in [-0.05, 0) is 12.8 Å². The molecule has 0 radical (unpaired) electrons. The van der Waals surface area contributed by atoms with Gasteiger partial charge >= 0.3 is 0 Å². The number of hydrogen-bond donors (Lipinski definition) is 0. The molecule has 1 rings (SSSR count). The van der Waals surface area contributed by atoms with Crippen molar-refractivity contribution >= 4 is 12.0 Å². The Kier molecular flexibility index (Phi) is 1.70. The molecule has 2 heteroatoms. The highest BCUT2D eigenvalue weighted by atomic mass is 16.1. The fourth-order valence-corrected chi connectivity index (χ4v) is 1.18. The van der Waals surface area contributed by atoms with Crippen LogP contribution in [-0.4, -0.2) is 12.0 Å². The van der Waals surface area contributed by atoms with Gasteiger partial charge in [0.25, 0.3) is 0 Å². The third-order valence-electron chi connectivity index (χ3n) is 1.61. The number of rotatable bonds is 1. The van der Waals surface area contributed by atoms with E-state index in [1.807, 2.05) is 20.8 Å². The van der Waals surface area contributed by atoms with Crippen LogP contribution in [0.2, 0.25) is 0 Å². The zero-order valence-electron chi connectivity index (χ0n) is 6.51. The standard InChI is InChI=1S/C8H11NO/c1-5(2)8-6(3)9-4-7(8)10/h4-5H,1-3H3. The Balaban J connectivity index is 2.96. The molecule has 0 amide bonds. The minimum atomic E-state index is 0.0764. The van der Waals surface area contributed by atoms with Crippen LogP contribution in [0.3, 0.4) is 0 Å². The van der Waals surface area contributed by atoms with Crippen LogP contribution in [0.4, 0.5) is 0 Å². The third kappa shape index (κ3) is 1.01. The van der Waals surface area contributed by atoms with Gasteiger partial charge in [-0.3, -0.25) is 9.79 Å². The van der Waals surface area contributed by atoms with E-state index in [9.17, 15) is 4.79 Å². The second-order valence-electron chi connectivity index (χ2n) is 2.78. The largest absolute Gasteiger partial charge is 0.288 e. The van der Waals surface area contributed by atoms with Crippen molar-refractivity contribution in [3.63, 3.8) is 0 Å². The molecule has 2 nitrogen and oxygen atoms in total. The summed E-state index contributed by atoms with van der Waals surface area (Å²) in [5.74, 6) is 0.377. The molecule has 0 aromatic rings. The van der Waals surface area contributed by atoms with Crippen LogP contribution in [0.25, 0.3) is 0 Å². The maximum Gasteiger partial charge on any atom is 0.202 e. The van der Waals surface area contributed by atoms with E-state index in [1.54, 1.807) is 0 Å². The zero-order valence-corrected chi connectivity index (χ0v) is 6.51. The molecule has 0 saturated heterocycles. The fourth-order valence-electron chi connectivity index (χ4n) is 1.18. The smallest absolute Gasteiger partial charge is 0.202 e. The minimum absolute atomic E-state index is 0.0764. The summed E-state index contributed by atoms with van der Waals surface area (Å²) in [5.41, 5.74) is 1.74. The van der Waals surface area contributed by atoms with Crippen molar-refractivity contribution in [3.8, 4) is 0 Å². The molecule has 1 aliphatic heterocycles. The number of Topliss-reactive ketones (excluding diaryl/α,β-unsaturated/α-hetero) is 1. The Morgan fingerprint density at radius 1 is 1.50 bits per heavy atom. The molecule has 0 aliphatic carbocycles. The van der Waals surface area contributed by atoms with E-state index in [0.29, 0.717) is 5.92 Å². The predicted octanol–water partition coefficient (Wildman–Crippen LogP) is 1.57. The highest BCUT2D eigenvalue weighted by Crippen LogP contribution is 2.19. The first-order valence-electron chi connectivity index (χ1n) is 3.42. The van der Waals surface area contributed by atoms with Crippen molar-refractivity contribution in [3.05, 3.63) is 11.3 Å². The molecule has 0 fully saturated rings. The lowest BCUT2D eigenvalue weighted by Crippen LogP contribution is -2.05. The Labute approximate surface area is 60.7 Å². The maximum absolute atomic E-state index is 11.0. The van der Waals surface area contributed by atoms with Crippen molar-refractivity contribution < 1.29 is 4.79 Å². The van der Waals surface area contributed by atoms with Crippen molar-refractivity contribution in [2.24, 2.45) is 10.9 Å². The van der Waals surface area contributed by atoms with E-state index >= 15 is 0 Å². The Bertz CT molecular complexity index is 223. The summed E-state index contributed by atoms with van der Waals surface area (Å²) in [6.07, 6.45) is 1.39. The van der Waals surface area contributed by atoms with Crippen LogP contribution in [0.5, 0.6) is 0 Å². The first-order chi connectivity index (χ1) is 4.63. The summed E-state index contributed by atoms with van der Waals surface area (Å²) in [6.45, 7) is 5.88. The molecule has 0 N–H and O–H groups in total. The van der Waals surface area contributed by atoms with Gasteiger partial charge in [0.05, 0.1) is 6.21 Å². The van der Waals surface area contributed by atoms with E-state index in [0.717, 1.165) is 11.3 Å². The fraction of sp³-hybridized carbons (Fsp3) is 0.500. The van der Waals surface area contributed by atoms with Crippen molar-refractivity contribution in [2.45, 2.75) is 20.8 Å². The van der Waals surface area contributed by atoms with Crippen molar-refractivity contribution in [1.82, 2.24) is 0 Å². The number of carbonyl (C=O) groups excluding carboxylic acids is 1. The normalized spacial score (nSPS) is 17.8. The van der Waals surface area contributed by atoms with Crippen LogP contribution < -0.4 is 0 Å².